The van der Waals surface area contributed by atoms with E-state index in [2.05, 4.69) is 5.32 Å². The highest BCUT2D eigenvalue weighted by atomic mass is 35.5. The van der Waals surface area contributed by atoms with Crippen molar-refractivity contribution in [2.75, 3.05) is 18.5 Å². The number of nitrogens with one attached hydrogen (secondary N) is 1. The molecule has 196 valence electrons. The predicted octanol–water partition coefficient (Wildman–Crippen LogP) is 6.19. The van der Waals surface area contributed by atoms with Gasteiger partial charge in [-0.3, -0.25) is 5.32 Å². The standard InChI is InChI=1S/C26H24ClF2NO6S/c1-3-35-25(31)17-4-9-20(10-5-17)30-26(32)36-15-16(2)24(22-14-19(28)8-13-23(22)29)37(33,34)21-11-6-18(27)7-12-21/h4-14,16,24H,3,15H2,1-2H3,(H,30,32)/t16-,24+/m1/s1. The van der Waals surface area contributed by atoms with Crippen LogP contribution in [0.1, 0.15) is 35.0 Å². The molecule has 1 N–H and O–H groups in total. The molecule has 3 rings (SSSR count). The molecule has 0 unspecified atom stereocenters. The number of hydrogen-bond acceptors (Lipinski definition) is 6. The van der Waals surface area contributed by atoms with Crippen molar-refractivity contribution in [3.05, 3.63) is 94.5 Å². The molecule has 1 amide bonds. The van der Waals surface area contributed by atoms with Gasteiger partial charge in [0, 0.05) is 22.2 Å². The van der Waals surface area contributed by atoms with E-state index in [0.29, 0.717) is 16.3 Å². The SMILES string of the molecule is CCOC(=O)c1ccc(NC(=O)OC[C@@H](C)[C@@H](c2cc(F)ccc2F)S(=O)(=O)c2ccc(Cl)cc2)cc1. The maximum atomic E-state index is 14.7. The molecule has 0 spiro atoms. The van der Waals surface area contributed by atoms with Crippen molar-refractivity contribution in [1.82, 2.24) is 0 Å². The van der Waals surface area contributed by atoms with Crippen LogP contribution in [0, 0.1) is 17.6 Å². The highest BCUT2D eigenvalue weighted by molar-refractivity contribution is 7.91. The second-order valence-corrected chi connectivity index (χ2v) is 10.6. The molecule has 0 aliphatic carbocycles. The molecule has 0 radical (unpaired) electrons. The quantitative estimate of drug-likeness (QED) is 0.318. The van der Waals surface area contributed by atoms with E-state index in [-0.39, 0.29) is 17.1 Å². The minimum absolute atomic E-state index is 0.149. The van der Waals surface area contributed by atoms with Crippen LogP contribution < -0.4 is 5.32 Å². The average Bonchev–Trinajstić information content (AvgIpc) is 2.86. The minimum atomic E-state index is -4.25. The normalized spacial score (nSPS) is 12.9. The highest BCUT2D eigenvalue weighted by Crippen LogP contribution is 2.37. The lowest BCUT2D eigenvalue weighted by Gasteiger charge is -2.25. The van der Waals surface area contributed by atoms with Gasteiger partial charge in [-0.15, -0.1) is 0 Å². The maximum Gasteiger partial charge on any atom is 0.411 e. The van der Waals surface area contributed by atoms with Gasteiger partial charge in [-0.05, 0) is 73.7 Å². The lowest BCUT2D eigenvalue weighted by Crippen LogP contribution is -2.27. The Morgan fingerprint density at radius 1 is 0.973 bits per heavy atom. The number of esters is 1. The fourth-order valence-corrected chi connectivity index (χ4v) is 5.78. The Morgan fingerprint density at radius 3 is 2.24 bits per heavy atom. The van der Waals surface area contributed by atoms with Crippen LogP contribution in [0.2, 0.25) is 5.02 Å². The Kier molecular flexibility index (Phi) is 9.23. The number of benzene rings is 3. The summed E-state index contributed by atoms with van der Waals surface area (Å²) in [6.45, 7) is 2.92. The molecule has 0 fully saturated rings. The summed E-state index contributed by atoms with van der Waals surface area (Å²) >= 11 is 5.86. The molecule has 3 aromatic carbocycles. The molecule has 11 heteroatoms. The van der Waals surface area contributed by atoms with Gasteiger partial charge in [0.2, 0.25) is 0 Å². The van der Waals surface area contributed by atoms with Crippen LogP contribution in [0.5, 0.6) is 0 Å². The van der Waals surface area contributed by atoms with Gasteiger partial charge in [-0.25, -0.2) is 26.8 Å². The number of rotatable bonds is 9. The van der Waals surface area contributed by atoms with Gasteiger partial charge in [0.25, 0.3) is 0 Å². The summed E-state index contributed by atoms with van der Waals surface area (Å²) in [7, 11) is -4.25. The maximum absolute atomic E-state index is 14.7. The molecule has 0 aliphatic heterocycles. The first-order chi connectivity index (χ1) is 17.5. The number of amides is 1. The molecule has 0 saturated heterocycles. The Labute approximate surface area is 218 Å². The number of carbonyl (C=O) groups is 2. The van der Waals surface area contributed by atoms with Crippen LogP contribution >= 0.6 is 11.6 Å². The predicted molar refractivity (Wildman–Crippen MR) is 134 cm³/mol. The number of anilines is 1. The zero-order valence-electron chi connectivity index (χ0n) is 19.9. The summed E-state index contributed by atoms with van der Waals surface area (Å²) in [5.74, 6) is -3.22. The van der Waals surface area contributed by atoms with E-state index in [1.807, 2.05) is 0 Å². The van der Waals surface area contributed by atoms with E-state index in [1.165, 1.54) is 55.5 Å². The van der Waals surface area contributed by atoms with Crippen molar-refractivity contribution in [2.45, 2.75) is 24.0 Å². The first-order valence-corrected chi connectivity index (χ1v) is 13.1. The monoisotopic (exact) mass is 551 g/mol. The Morgan fingerprint density at radius 2 is 1.62 bits per heavy atom. The molecule has 3 aromatic rings. The van der Waals surface area contributed by atoms with Crippen molar-refractivity contribution in [3.63, 3.8) is 0 Å². The second kappa shape index (κ2) is 12.2. The van der Waals surface area contributed by atoms with Crippen LogP contribution in [0.3, 0.4) is 0 Å². The third-order valence-corrected chi connectivity index (χ3v) is 7.95. The minimum Gasteiger partial charge on any atom is -0.462 e. The lowest BCUT2D eigenvalue weighted by atomic mass is 10.0. The van der Waals surface area contributed by atoms with E-state index in [4.69, 9.17) is 21.1 Å². The third kappa shape index (κ3) is 7.05. The van der Waals surface area contributed by atoms with E-state index in [9.17, 15) is 26.8 Å². The average molecular weight is 552 g/mol. The summed E-state index contributed by atoms with van der Waals surface area (Å²) in [6, 6.07) is 13.7. The molecule has 7 nitrogen and oxygen atoms in total. The van der Waals surface area contributed by atoms with E-state index >= 15 is 0 Å². The molecule has 0 bridgehead atoms. The smallest absolute Gasteiger partial charge is 0.411 e. The third-order valence-electron chi connectivity index (χ3n) is 5.38. The number of hydrogen-bond donors (Lipinski definition) is 1. The van der Waals surface area contributed by atoms with Crippen LogP contribution in [0.25, 0.3) is 0 Å². The van der Waals surface area contributed by atoms with Gasteiger partial charge in [-0.1, -0.05) is 18.5 Å². The zero-order valence-corrected chi connectivity index (χ0v) is 21.5. The summed E-state index contributed by atoms with van der Waals surface area (Å²) in [4.78, 5) is 23.9. The lowest BCUT2D eigenvalue weighted by molar-refractivity contribution is 0.0526. The Hall–Kier alpha value is -3.50. The van der Waals surface area contributed by atoms with Gasteiger partial charge in [-0.2, -0.15) is 0 Å². The van der Waals surface area contributed by atoms with Crippen LogP contribution in [-0.4, -0.2) is 33.7 Å². The fourth-order valence-electron chi connectivity index (χ4n) is 3.64. The van der Waals surface area contributed by atoms with Gasteiger partial charge < -0.3 is 9.47 Å². The summed E-state index contributed by atoms with van der Waals surface area (Å²) in [5.41, 5.74) is 0.218. The number of halogens is 3. The highest BCUT2D eigenvalue weighted by Gasteiger charge is 2.37. The molecule has 0 aliphatic rings. The molecular weight excluding hydrogens is 528 g/mol. The van der Waals surface area contributed by atoms with Gasteiger partial charge in [0.15, 0.2) is 9.84 Å². The fraction of sp³-hybridized carbons (Fsp3) is 0.231. The zero-order chi connectivity index (χ0) is 27.2. The van der Waals surface area contributed by atoms with E-state index in [0.717, 1.165) is 18.2 Å². The molecule has 2 atom stereocenters. The second-order valence-electron chi connectivity index (χ2n) is 8.08. The van der Waals surface area contributed by atoms with Crippen molar-refractivity contribution in [2.24, 2.45) is 5.92 Å². The van der Waals surface area contributed by atoms with Crippen LogP contribution in [-0.2, 0) is 19.3 Å². The molecule has 0 aromatic heterocycles. The van der Waals surface area contributed by atoms with E-state index < -0.39 is 51.3 Å². The van der Waals surface area contributed by atoms with Crippen LogP contribution in [0.15, 0.2) is 71.6 Å². The summed E-state index contributed by atoms with van der Waals surface area (Å²) in [5, 5.41) is 1.19. The number of carbonyl (C=O) groups excluding carboxylic acids is 2. The number of ether oxygens (including phenoxy) is 2. The molecule has 0 saturated carbocycles. The topological polar surface area (TPSA) is 98.8 Å². The van der Waals surface area contributed by atoms with Crippen molar-refractivity contribution >= 4 is 39.2 Å². The Balaban J connectivity index is 1.78. The van der Waals surface area contributed by atoms with Gasteiger partial charge >= 0.3 is 12.1 Å². The summed E-state index contributed by atoms with van der Waals surface area (Å²) < 4.78 is 65.8. The van der Waals surface area contributed by atoms with Crippen molar-refractivity contribution in [1.29, 1.82) is 0 Å². The molecule has 0 heterocycles. The Bertz CT molecular complexity index is 1360. The molecular formula is C26H24ClF2NO6S. The largest absolute Gasteiger partial charge is 0.462 e. The van der Waals surface area contributed by atoms with Gasteiger partial charge in [0.1, 0.15) is 11.6 Å². The van der Waals surface area contributed by atoms with Crippen LogP contribution in [0.4, 0.5) is 19.3 Å². The first kappa shape index (κ1) is 28.1. The van der Waals surface area contributed by atoms with Gasteiger partial charge in [0.05, 0.1) is 28.9 Å². The van der Waals surface area contributed by atoms with Crippen molar-refractivity contribution < 1.29 is 36.3 Å². The number of sulfone groups is 1. The molecule has 37 heavy (non-hydrogen) atoms. The van der Waals surface area contributed by atoms with Crippen molar-refractivity contribution in [3.8, 4) is 0 Å². The first-order valence-electron chi connectivity index (χ1n) is 11.2. The van der Waals surface area contributed by atoms with E-state index in [1.54, 1.807) is 6.92 Å². The summed E-state index contributed by atoms with van der Waals surface area (Å²) in [6.07, 6.45) is -0.905.